The molecule has 0 aliphatic carbocycles. The second-order valence-corrected chi connectivity index (χ2v) is 6.25. The quantitative estimate of drug-likeness (QED) is 0.427. The Balaban J connectivity index is 1.51. The summed E-state index contributed by atoms with van der Waals surface area (Å²) in [5, 5.41) is 21.2. The van der Waals surface area contributed by atoms with Crippen LogP contribution in [0.4, 0.5) is 5.13 Å². The fourth-order valence-corrected chi connectivity index (χ4v) is 2.70. The number of aromatic amines is 1. The highest BCUT2D eigenvalue weighted by molar-refractivity contribution is 7.15. The molecule has 10 nitrogen and oxygen atoms in total. The lowest BCUT2D eigenvalue weighted by Gasteiger charge is -1.98. The minimum atomic E-state index is -0.501. The van der Waals surface area contributed by atoms with Gasteiger partial charge in [-0.15, -0.1) is 10.2 Å². The van der Waals surface area contributed by atoms with Crippen molar-refractivity contribution in [2.24, 2.45) is 5.10 Å². The van der Waals surface area contributed by atoms with Crippen molar-refractivity contribution in [3.63, 3.8) is 0 Å². The van der Waals surface area contributed by atoms with E-state index < -0.39 is 5.91 Å². The first-order valence-corrected chi connectivity index (χ1v) is 8.37. The van der Waals surface area contributed by atoms with Gasteiger partial charge in [-0.2, -0.15) is 10.2 Å². The lowest BCUT2D eigenvalue weighted by molar-refractivity contribution is -0.120. The zero-order chi connectivity index (χ0) is 18.4. The second kappa shape index (κ2) is 8.27. The van der Waals surface area contributed by atoms with E-state index in [1.807, 2.05) is 6.07 Å². The van der Waals surface area contributed by atoms with Crippen LogP contribution in [-0.2, 0) is 11.2 Å². The molecule has 3 aromatic rings. The van der Waals surface area contributed by atoms with Gasteiger partial charge < -0.3 is 0 Å². The molecule has 0 fully saturated rings. The molecule has 26 heavy (non-hydrogen) atoms. The molecule has 0 spiro atoms. The van der Waals surface area contributed by atoms with Crippen LogP contribution >= 0.6 is 22.9 Å². The number of rotatable bonds is 6. The Hall–Kier alpha value is -3.18. The summed E-state index contributed by atoms with van der Waals surface area (Å²) in [5.41, 5.74) is 3.06. The highest BCUT2D eigenvalue weighted by atomic mass is 35.5. The Morgan fingerprint density at radius 1 is 1.31 bits per heavy atom. The molecule has 132 valence electrons. The van der Waals surface area contributed by atoms with Crippen molar-refractivity contribution in [2.45, 2.75) is 6.42 Å². The van der Waals surface area contributed by atoms with Gasteiger partial charge in [0, 0.05) is 10.6 Å². The van der Waals surface area contributed by atoms with Gasteiger partial charge in [0.05, 0.1) is 12.6 Å². The normalized spacial score (nSPS) is 10.8. The Morgan fingerprint density at radius 3 is 2.92 bits per heavy atom. The van der Waals surface area contributed by atoms with Crippen molar-refractivity contribution in [2.75, 3.05) is 5.32 Å². The average Bonchev–Trinajstić information content (AvgIpc) is 3.29. The number of anilines is 1. The molecule has 2 aromatic heterocycles. The smallest absolute Gasteiger partial charge is 0.294 e. The fourth-order valence-electron chi connectivity index (χ4n) is 1.78. The number of benzene rings is 1. The van der Waals surface area contributed by atoms with E-state index >= 15 is 0 Å². The standard InChI is InChI=1S/C14H11ClN8O2S/c15-9-4-2-1-3-8(9)6-17-20-10(24)5-11-21-23-14(26-11)19-13(25)12-16-7-18-22-12/h1-4,6-7H,5H2,(H,20,24)(H,16,18,22)(H,19,23,25)/b17-6-. The van der Waals surface area contributed by atoms with Crippen molar-refractivity contribution in [1.29, 1.82) is 0 Å². The van der Waals surface area contributed by atoms with E-state index in [2.05, 4.69) is 41.2 Å². The number of nitrogens with zero attached hydrogens (tertiary/aromatic N) is 5. The van der Waals surface area contributed by atoms with Gasteiger partial charge in [0.2, 0.25) is 16.9 Å². The molecule has 0 atom stereocenters. The van der Waals surface area contributed by atoms with E-state index in [0.717, 1.165) is 11.3 Å². The number of halogens is 1. The maximum absolute atomic E-state index is 11.9. The number of hydrazone groups is 1. The molecule has 0 saturated heterocycles. The number of hydrogen-bond donors (Lipinski definition) is 3. The van der Waals surface area contributed by atoms with Crippen LogP contribution in [0, 0.1) is 0 Å². The predicted molar refractivity (Wildman–Crippen MR) is 95.1 cm³/mol. The van der Waals surface area contributed by atoms with Gasteiger partial charge in [0.1, 0.15) is 11.3 Å². The van der Waals surface area contributed by atoms with E-state index in [1.165, 1.54) is 12.5 Å². The number of nitrogens with one attached hydrogen (secondary N) is 3. The van der Waals surface area contributed by atoms with E-state index in [9.17, 15) is 9.59 Å². The first-order chi connectivity index (χ1) is 12.6. The third-order valence-electron chi connectivity index (χ3n) is 2.93. The van der Waals surface area contributed by atoms with Crippen LogP contribution in [-0.4, -0.2) is 43.4 Å². The summed E-state index contributed by atoms with van der Waals surface area (Å²) < 4.78 is 0. The molecule has 3 N–H and O–H groups in total. The molecular formula is C14H11ClN8O2S. The van der Waals surface area contributed by atoms with Crippen molar-refractivity contribution >= 4 is 46.1 Å². The van der Waals surface area contributed by atoms with Crippen LogP contribution in [0.3, 0.4) is 0 Å². The maximum Gasteiger partial charge on any atom is 0.294 e. The zero-order valence-corrected chi connectivity index (χ0v) is 14.6. The summed E-state index contributed by atoms with van der Waals surface area (Å²) in [4.78, 5) is 27.4. The fraction of sp³-hybridized carbons (Fsp3) is 0.0714. The third kappa shape index (κ3) is 4.68. The topological polar surface area (TPSA) is 138 Å². The van der Waals surface area contributed by atoms with Crippen molar-refractivity contribution in [1.82, 2.24) is 30.8 Å². The summed E-state index contributed by atoms with van der Waals surface area (Å²) in [6.07, 6.45) is 2.63. The summed E-state index contributed by atoms with van der Waals surface area (Å²) in [5.74, 6) is -0.829. The largest absolute Gasteiger partial charge is 0.294 e. The summed E-state index contributed by atoms with van der Waals surface area (Å²) in [6, 6.07) is 7.10. The molecule has 2 heterocycles. The third-order valence-corrected chi connectivity index (χ3v) is 4.11. The number of hydrogen-bond acceptors (Lipinski definition) is 8. The van der Waals surface area contributed by atoms with Crippen LogP contribution in [0.25, 0.3) is 0 Å². The molecule has 0 aliphatic heterocycles. The van der Waals surface area contributed by atoms with E-state index in [0.29, 0.717) is 15.6 Å². The van der Waals surface area contributed by atoms with Crippen LogP contribution in [0.15, 0.2) is 35.7 Å². The number of aromatic nitrogens is 5. The predicted octanol–water partition coefficient (Wildman–Crippen LogP) is 1.25. The molecule has 0 saturated carbocycles. The minimum Gasteiger partial charge on any atom is -0.294 e. The van der Waals surface area contributed by atoms with Gasteiger partial charge in [0.15, 0.2) is 0 Å². The van der Waals surface area contributed by atoms with Crippen molar-refractivity contribution < 1.29 is 9.59 Å². The summed E-state index contributed by atoms with van der Waals surface area (Å²) in [7, 11) is 0. The van der Waals surface area contributed by atoms with E-state index in [-0.39, 0.29) is 23.3 Å². The maximum atomic E-state index is 11.9. The van der Waals surface area contributed by atoms with Gasteiger partial charge in [-0.1, -0.05) is 41.1 Å². The van der Waals surface area contributed by atoms with E-state index in [4.69, 9.17) is 11.6 Å². The molecule has 1 aromatic carbocycles. The first kappa shape index (κ1) is 17.6. The molecule has 12 heteroatoms. The highest BCUT2D eigenvalue weighted by Crippen LogP contribution is 2.16. The zero-order valence-electron chi connectivity index (χ0n) is 13.0. The Morgan fingerprint density at radius 2 is 2.15 bits per heavy atom. The first-order valence-electron chi connectivity index (χ1n) is 7.17. The molecule has 3 rings (SSSR count). The van der Waals surface area contributed by atoms with Gasteiger partial charge in [-0.05, 0) is 6.07 Å². The monoisotopic (exact) mass is 390 g/mol. The molecule has 0 bridgehead atoms. The second-order valence-electron chi connectivity index (χ2n) is 4.78. The minimum absolute atomic E-state index is 0.0320. The van der Waals surface area contributed by atoms with Crippen LogP contribution in [0.2, 0.25) is 5.02 Å². The van der Waals surface area contributed by atoms with E-state index in [1.54, 1.807) is 18.2 Å². The van der Waals surface area contributed by atoms with Crippen molar-refractivity contribution in [3.05, 3.63) is 52.0 Å². The van der Waals surface area contributed by atoms with Gasteiger partial charge >= 0.3 is 0 Å². The molecule has 2 amide bonds. The van der Waals surface area contributed by atoms with Gasteiger partial charge in [0.25, 0.3) is 5.91 Å². The van der Waals surface area contributed by atoms with Crippen LogP contribution in [0.5, 0.6) is 0 Å². The number of amides is 2. The number of carbonyl (C=O) groups excluding carboxylic acids is 2. The van der Waals surface area contributed by atoms with Crippen LogP contribution in [0.1, 0.15) is 21.2 Å². The van der Waals surface area contributed by atoms with Gasteiger partial charge in [-0.3, -0.25) is 20.0 Å². The molecule has 0 radical (unpaired) electrons. The van der Waals surface area contributed by atoms with Gasteiger partial charge in [-0.25, -0.2) is 10.4 Å². The SMILES string of the molecule is O=C(Cc1nnc(NC(=O)c2ncn[nH]2)s1)N/N=C\c1ccccc1Cl. The average molecular weight is 391 g/mol. The van der Waals surface area contributed by atoms with Crippen LogP contribution < -0.4 is 10.7 Å². The highest BCUT2D eigenvalue weighted by Gasteiger charge is 2.14. The molecule has 0 unspecified atom stereocenters. The number of carbonyl (C=O) groups is 2. The molecular weight excluding hydrogens is 380 g/mol. The Labute approximate surface area is 155 Å². The lowest BCUT2D eigenvalue weighted by atomic mass is 10.2. The number of H-pyrrole nitrogens is 1. The van der Waals surface area contributed by atoms with Crippen molar-refractivity contribution in [3.8, 4) is 0 Å². The summed E-state index contributed by atoms with van der Waals surface area (Å²) in [6.45, 7) is 0. The Kier molecular flexibility index (Phi) is 5.61. The lowest BCUT2D eigenvalue weighted by Crippen LogP contribution is -2.19. The molecule has 0 aliphatic rings. The summed E-state index contributed by atoms with van der Waals surface area (Å²) >= 11 is 7.05. The Bertz CT molecular complexity index is 940.